The summed E-state index contributed by atoms with van der Waals surface area (Å²) in [6.45, 7) is 0. The van der Waals surface area contributed by atoms with Crippen molar-refractivity contribution in [1.29, 1.82) is 0 Å². The molecule has 0 aromatic rings. The van der Waals surface area contributed by atoms with Crippen LogP contribution in [-0.2, 0) is 0 Å². The molecular formula is C3H3F7O3S. The molecule has 3 nitrogen and oxygen atoms in total. The maximum Gasteiger partial charge on any atom is 0.461 e. The van der Waals surface area contributed by atoms with Crippen molar-refractivity contribution in [3.05, 3.63) is 0 Å². The van der Waals surface area contributed by atoms with Crippen molar-refractivity contribution in [2.45, 2.75) is 17.4 Å². The highest BCUT2D eigenvalue weighted by Gasteiger charge is 2.79. The molecule has 0 unspecified atom stereocenters. The van der Waals surface area contributed by atoms with Gasteiger partial charge < -0.3 is 13.7 Å². The lowest BCUT2D eigenvalue weighted by Crippen LogP contribution is -2.54. The molecule has 0 fully saturated rings. The molecule has 0 aromatic heterocycles. The van der Waals surface area contributed by atoms with E-state index in [-0.39, 0.29) is 0 Å². The number of hydrogen-bond acceptors (Lipinski definition) is 3. The molecule has 0 amide bonds. The van der Waals surface area contributed by atoms with E-state index >= 15 is 0 Å². The molecule has 0 radical (unpaired) electrons. The third-order valence-electron chi connectivity index (χ3n) is 1.07. The predicted molar refractivity (Wildman–Crippen MR) is 31.4 cm³/mol. The van der Waals surface area contributed by atoms with E-state index in [9.17, 15) is 30.7 Å². The van der Waals surface area contributed by atoms with Gasteiger partial charge in [0.2, 0.25) is 0 Å². The zero-order valence-electron chi connectivity index (χ0n) is 5.90. The minimum atomic E-state index is -6.73. The van der Waals surface area contributed by atoms with Crippen LogP contribution in [0.15, 0.2) is 0 Å². The molecule has 11 heteroatoms. The highest BCUT2D eigenvalue weighted by atomic mass is 32.3. The van der Waals surface area contributed by atoms with Crippen LogP contribution < -0.4 is 0 Å². The minimum Gasteiger partial charge on any atom is -0.304 e. The lowest BCUT2D eigenvalue weighted by molar-refractivity contribution is -0.334. The van der Waals surface area contributed by atoms with Gasteiger partial charge in [0.05, 0.1) is 0 Å². The van der Waals surface area contributed by atoms with Gasteiger partial charge in [-0.05, 0) is 0 Å². The van der Waals surface area contributed by atoms with Gasteiger partial charge in [-0.1, -0.05) is 0 Å². The van der Waals surface area contributed by atoms with Gasteiger partial charge in [-0.2, -0.15) is 30.7 Å². The summed E-state index contributed by atoms with van der Waals surface area (Å²) in [5.41, 5.74) is 0. The predicted octanol–water partition coefficient (Wildman–Crippen LogP) is 3.00. The van der Waals surface area contributed by atoms with Crippen LogP contribution in [0.3, 0.4) is 0 Å². The molecule has 0 aromatic carbocycles. The highest BCUT2D eigenvalue weighted by Crippen LogP contribution is 2.62. The Morgan fingerprint density at radius 1 is 0.714 bits per heavy atom. The Labute approximate surface area is 73.7 Å². The van der Waals surface area contributed by atoms with Crippen molar-refractivity contribution in [3.63, 3.8) is 0 Å². The normalized spacial score (nSPS) is 17.0. The molecular weight excluding hydrogens is 249 g/mol. The van der Waals surface area contributed by atoms with Crippen LogP contribution in [0.2, 0.25) is 0 Å². The fourth-order valence-corrected chi connectivity index (χ4v) is 0.797. The minimum absolute atomic E-state index is 6.35. The largest absolute Gasteiger partial charge is 0.461 e. The summed E-state index contributed by atoms with van der Waals surface area (Å²) in [6, 6.07) is 0. The van der Waals surface area contributed by atoms with Gasteiger partial charge in [0.15, 0.2) is 10.9 Å². The number of rotatable bonds is 2. The molecule has 0 aliphatic rings. The molecule has 0 saturated heterocycles. The first-order valence-electron chi connectivity index (χ1n) is 2.57. The summed E-state index contributed by atoms with van der Waals surface area (Å²) in [4.78, 5) is 0. The second-order valence-corrected chi connectivity index (χ2v) is 3.66. The Morgan fingerprint density at radius 3 is 1.07 bits per heavy atom. The SMILES string of the molecule is OS(O)(O)C(F)(F)C(F)(F)C(F)(F)F. The van der Waals surface area contributed by atoms with E-state index in [4.69, 9.17) is 13.7 Å². The van der Waals surface area contributed by atoms with Crippen LogP contribution in [0.1, 0.15) is 0 Å². The van der Waals surface area contributed by atoms with Crippen LogP contribution in [0.4, 0.5) is 30.7 Å². The monoisotopic (exact) mass is 252 g/mol. The summed E-state index contributed by atoms with van der Waals surface area (Å²) in [5.74, 6) is -6.73. The third-order valence-corrected chi connectivity index (χ3v) is 2.01. The Morgan fingerprint density at radius 2 is 1.00 bits per heavy atom. The Kier molecular flexibility index (Phi) is 3.06. The Hall–Kier alpha value is -0.260. The van der Waals surface area contributed by atoms with Crippen molar-refractivity contribution in [1.82, 2.24) is 0 Å². The number of hydrogen-bond donors (Lipinski definition) is 3. The van der Waals surface area contributed by atoms with Crippen molar-refractivity contribution in [3.8, 4) is 0 Å². The van der Waals surface area contributed by atoms with Gasteiger partial charge >= 0.3 is 17.4 Å². The van der Waals surface area contributed by atoms with E-state index in [1.165, 1.54) is 0 Å². The van der Waals surface area contributed by atoms with Gasteiger partial charge in [-0.3, -0.25) is 0 Å². The van der Waals surface area contributed by atoms with Gasteiger partial charge in [-0.25, -0.2) is 0 Å². The summed E-state index contributed by atoms with van der Waals surface area (Å²) in [7, 11) is -6.35. The molecule has 0 spiro atoms. The van der Waals surface area contributed by atoms with Crippen LogP contribution >= 0.6 is 10.9 Å². The summed E-state index contributed by atoms with van der Waals surface area (Å²) in [6.07, 6.45) is -6.71. The number of alkyl halides is 7. The summed E-state index contributed by atoms with van der Waals surface area (Å²) in [5, 5.41) is -6.39. The van der Waals surface area contributed by atoms with Crippen molar-refractivity contribution >= 4 is 10.9 Å². The fourth-order valence-electron chi connectivity index (χ4n) is 0.337. The highest BCUT2D eigenvalue weighted by molar-refractivity contribution is 8.20. The third kappa shape index (κ3) is 1.89. The number of halogens is 7. The maximum absolute atomic E-state index is 12.0. The van der Waals surface area contributed by atoms with Crippen LogP contribution in [0, 0.1) is 0 Å². The van der Waals surface area contributed by atoms with Gasteiger partial charge in [0, 0.05) is 0 Å². The first-order chi connectivity index (χ1) is 5.75. The van der Waals surface area contributed by atoms with Crippen molar-refractivity contribution in [2.24, 2.45) is 0 Å². The first kappa shape index (κ1) is 13.7. The molecule has 0 heterocycles. The van der Waals surface area contributed by atoms with Crippen molar-refractivity contribution in [2.75, 3.05) is 0 Å². The Balaban J connectivity index is 5.30. The average molecular weight is 252 g/mol. The molecule has 88 valence electrons. The van der Waals surface area contributed by atoms with E-state index in [1.54, 1.807) is 0 Å². The zero-order valence-corrected chi connectivity index (χ0v) is 6.71. The molecule has 0 saturated carbocycles. The molecule has 0 atom stereocenters. The Bertz CT molecular complexity index is 193. The molecule has 14 heavy (non-hydrogen) atoms. The van der Waals surface area contributed by atoms with E-state index in [1.807, 2.05) is 0 Å². The molecule has 0 aliphatic heterocycles. The van der Waals surface area contributed by atoms with Crippen molar-refractivity contribution < 1.29 is 44.4 Å². The van der Waals surface area contributed by atoms with E-state index in [0.29, 0.717) is 0 Å². The molecule has 3 N–H and O–H groups in total. The smallest absolute Gasteiger partial charge is 0.304 e. The van der Waals surface area contributed by atoms with Crippen LogP contribution in [-0.4, -0.2) is 31.0 Å². The maximum atomic E-state index is 12.0. The average Bonchev–Trinajstić information content (AvgIpc) is 1.81. The van der Waals surface area contributed by atoms with E-state index < -0.39 is 28.2 Å². The standard InChI is InChI=1S/C3H3F7O3S/c4-1(5,2(6,7)8)3(9,10)14(11,12)13/h11-13H. The zero-order chi connectivity index (χ0) is 12.0. The van der Waals surface area contributed by atoms with Gasteiger partial charge in [-0.15, -0.1) is 0 Å². The van der Waals surface area contributed by atoms with Crippen LogP contribution in [0.25, 0.3) is 0 Å². The van der Waals surface area contributed by atoms with E-state index in [2.05, 4.69) is 0 Å². The topological polar surface area (TPSA) is 60.7 Å². The fraction of sp³-hybridized carbons (Fsp3) is 1.00. The lowest BCUT2D eigenvalue weighted by Gasteiger charge is -2.35. The molecule has 0 aliphatic carbocycles. The first-order valence-corrected chi connectivity index (χ1v) is 4.08. The van der Waals surface area contributed by atoms with Crippen LogP contribution in [0.5, 0.6) is 0 Å². The van der Waals surface area contributed by atoms with Gasteiger partial charge in [0.1, 0.15) is 0 Å². The molecule has 0 rings (SSSR count). The quantitative estimate of drug-likeness (QED) is 0.662. The molecule has 0 bridgehead atoms. The second kappa shape index (κ2) is 3.12. The lowest BCUT2D eigenvalue weighted by atomic mass is 10.3. The van der Waals surface area contributed by atoms with Gasteiger partial charge in [0.25, 0.3) is 0 Å². The summed E-state index contributed by atoms with van der Waals surface area (Å²) >= 11 is 0. The summed E-state index contributed by atoms with van der Waals surface area (Å²) < 4.78 is 105. The second-order valence-electron chi connectivity index (χ2n) is 2.11. The van der Waals surface area contributed by atoms with E-state index in [0.717, 1.165) is 0 Å².